The summed E-state index contributed by atoms with van der Waals surface area (Å²) in [5.74, 6) is -6.82. The number of nitrogens with zero attached hydrogens (tertiary/aromatic N) is 3. The average molecular weight is 581 g/mol. The van der Waals surface area contributed by atoms with Gasteiger partial charge in [0.05, 0.1) is 5.92 Å². The molecule has 2 fully saturated rings. The van der Waals surface area contributed by atoms with Gasteiger partial charge in [-0.3, -0.25) is 9.69 Å². The highest BCUT2D eigenvalue weighted by Gasteiger charge is 2.45. The van der Waals surface area contributed by atoms with Crippen LogP contribution in [0.5, 0.6) is 0 Å². The first-order valence-corrected chi connectivity index (χ1v) is 12.4. The van der Waals surface area contributed by atoms with Gasteiger partial charge in [-0.15, -0.1) is 0 Å². The van der Waals surface area contributed by atoms with Crippen molar-refractivity contribution < 1.29 is 64.5 Å². The number of sulfonamides is 1. The van der Waals surface area contributed by atoms with E-state index >= 15 is 0 Å². The maximum atomic E-state index is 12.6. The highest BCUT2D eigenvalue weighted by molar-refractivity contribution is 7.92. The molecule has 2 aliphatic heterocycles. The molecule has 2 atom stereocenters. The molecule has 38 heavy (non-hydrogen) atoms. The zero-order valence-electron chi connectivity index (χ0n) is 19.6. The van der Waals surface area contributed by atoms with Crippen LogP contribution in [-0.2, 0) is 24.4 Å². The number of aliphatic imine (C=N–C) groups is 1. The van der Waals surface area contributed by atoms with Crippen LogP contribution >= 0.6 is 0 Å². The van der Waals surface area contributed by atoms with E-state index in [1.807, 2.05) is 0 Å². The van der Waals surface area contributed by atoms with Crippen LogP contribution in [0.1, 0.15) is 32.1 Å². The molecule has 1 aliphatic carbocycles. The van der Waals surface area contributed by atoms with Crippen molar-refractivity contribution in [3.8, 4) is 0 Å². The lowest BCUT2D eigenvalue weighted by atomic mass is 9.83. The van der Waals surface area contributed by atoms with Crippen LogP contribution in [-0.4, -0.2) is 96.5 Å². The molecular formula is C20H25F6N3O8S. The first kappa shape index (κ1) is 33.2. The molecule has 0 radical (unpaired) electrons. The number of aliphatic carboxylic acids is 3. The number of rotatable bonds is 4. The van der Waals surface area contributed by atoms with E-state index in [2.05, 4.69) is 9.89 Å². The molecule has 0 aromatic carbocycles. The minimum absolute atomic E-state index is 0.0351. The minimum atomic E-state index is -5.19. The predicted octanol–water partition coefficient (Wildman–Crippen LogP) is 1.03. The molecule has 216 valence electrons. The largest absolute Gasteiger partial charge is 0.542 e. The van der Waals surface area contributed by atoms with Gasteiger partial charge >= 0.3 is 34.3 Å². The minimum Gasteiger partial charge on any atom is -0.542 e. The predicted molar refractivity (Wildman–Crippen MR) is 116 cm³/mol. The van der Waals surface area contributed by atoms with Gasteiger partial charge in [0.1, 0.15) is 12.4 Å². The second kappa shape index (κ2) is 13.8. The van der Waals surface area contributed by atoms with Gasteiger partial charge in [0, 0.05) is 38.4 Å². The van der Waals surface area contributed by atoms with E-state index in [9.17, 15) is 44.7 Å². The van der Waals surface area contributed by atoms with Gasteiger partial charge in [0.2, 0.25) is 6.21 Å². The van der Waals surface area contributed by atoms with Gasteiger partial charge in [0.15, 0.2) is 0 Å². The Morgan fingerprint density at radius 3 is 1.84 bits per heavy atom. The van der Waals surface area contributed by atoms with Crippen LogP contribution < -0.4 is 5.11 Å². The van der Waals surface area contributed by atoms with Gasteiger partial charge in [-0.25, -0.2) is 9.79 Å². The topological polar surface area (TPSA) is 168 Å². The lowest BCUT2D eigenvalue weighted by molar-refractivity contribution is -0.344. The number of alkyl halides is 6. The van der Waals surface area contributed by atoms with Crippen molar-refractivity contribution in [3.63, 3.8) is 0 Å². The van der Waals surface area contributed by atoms with Crippen molar-refractivity contribution in [2.75, 3.05) is 26.2 Å². The number of halogens is 6. The lowest BCUT2D eigenvalue weighted by Gasteiger charge is -2.42. The maximum Gasteiger partial charge on any atom is 0.490 e. The molecule has 18 heteroatoms. The number of carbonyl (C=O) groups excluding carboxylic acids is 1. The highest BCUT2D eigenvalue weighted by Crippen LogP contribution is 2.30. The van der Waals surface area contributed by atoms with Gasteiger partial charge in [0.25, 0.3) is 5.25 Å². The summed E-state index contributed by atoms with van der Waals surface area (Å²) in [5.41, 5.74) is 0. The molecule has 1 saturated heterocycles. The van der Waals surface area contributed by atoms with Gasteiger partial charge in [-0.2, -0.15) is 39.1 Å². The molecule has 0 spiro atoms. The van der Waals surface area contributed by atoms with Crippen LogP contribution in [0.25, 0.3) is 0 Å². The van der Waals surface area contributed by atoms with E-state index in [0.29, 0.717) is 37.8 Å². The fraction of sp³-hybridized carbons (Fsp3) is 0.650. The molecule has 0 unspecified atom stereocenters. The van der Waals surface area contributed by atoms with Crippen molar-refractivity contribution in [2.24, 2.45) is 10.9 Å². The molecule has 0 amide bonds. The number of carboxylic acids is 3. The van der Waals surface area contributed by atoms with Crippen LogP contribution in [0, 0.1) is 11.2 Å². The summed E-state index contributed by atoms with van der Waals surface area (Å²) in [7, 11) is -3.46. The van der Waals surface area contributed by atoms with E-state index in [1.54, 1.807) is 12.3 Å². The van der Waals surface area contributed by atoms with Crippen molar-refractivity contribution in [3.05, 3.63) is 17.5 Å². The molecular weight excluding hydrogens is 556 g/mol. The summed E-state index contributed by atoms with van der Waals surface area (Å²) in [6.45, 7) is 2.00. The Hall–Kier alpha value is -2.86. The van der Waals surface area contributed by atoms with E-state index in [0.717, 1.165) is 25.7 Å². The van der Waals surface area contributed by atoms with Crippen LogP contribution in [0.2, 0.25) is 0 Å². The van der Waals surface area contributed by atoms with Crippen molar-refractivity contribution in [2.45, 2.75) is 50.5 Å². The maximum absolute atomic E-state index is 12.6. The fourth-order valence-electron chi connectivity index (χ4n) is 3.86. The van der Waals surface area contributed by atoms with Gasteiger partial charge < -0.3 is 20.1 Å². The summed E-state index contributed by atoms with van der Waals surface area (Å²) in [5, 5.41) is 25.7. The summed E-state index contributed by atoms with van der Waals surface area (Å²) in [4.78, 5) is 35.2. The van der Waals surface area contributed by atoms with E-state index in [-0.39, 0.29) is 12.0 Å². The quantitative estimate of drug-likeness (QED) is 0.364. The molecule has 0 aromatic heterocycles. The average Bonchev–Trinajstić information content (AvgIpc) is 2.84. The Kier molecular flexibility index (Phi) is 12.0. The Balaban J connectivity index is 0.000000426. The number of carbonyl (C=O) groups is 3. The molecule has 2 N–H and O–H groups in total. The second-order valence-corrected chi connectivity index (χ2v) is 10.1. The first-order chi connectivity index (χ1) is 17.4. The SMILES string of the molecule is O=C(O)C(F)(F)F.O=C(O)[C@@H]1CCCC[C@H]1N1CCN(S(=O)(=O)[C+]2C=NC=CC2)CC1.O=C([O-])C(F)(F)F. The third-order valence-corrected chi connectivity index (χ3v) is 7.64. The molecule has 3 aliphatic rings. The third-order valence-electron chi connectivity index (χ3n) is 5.66. The Bertz CT molecular complexity index is 968. The summed E-state index contributed by atoms with van der Waals surface area (Å²) in [6, 6.07) is 0.0351. The van der Waals surface area contributed by atoms with E-state index < -0.39 is 40.3 Å². The van der Waals surface area contributed by atoms with Crippen molar-refractivity contribution in [1.29, 1.82) is 0 Å². The standard InChI is InChI=1S/C16H23N3O4S.2C2HF3O2/c20-16(21)14-5-1-2-6-15(14)18-8-10-19(11-9-18)24(22,23)13-4-3-7-17-12-13;2*3-2(4,5)1(6)7/h3,7,12,14-15H,1-2,4-6,8-11H2;2*(H,6,7)/t14-,15-;;/m1../s1. The van der Waals surface area contributed by atoms with Crippen LogP contribution in [0.4, 0.5) is 26.3 Å². The van der Waals surface area contributed by atoms with Crippen LogP contribution in [0.15, 0.2) is 17.3 Å². The smallest absolute Gasteiger partial charge is 0.490 e. The summed E-state index contributed by atoms with van der Waals surface area (Å²) >= 11 is 0. The second-order valence-electron chi connectivity index (χ2n) is 8.16. The lowest BCUT2D eigenvalue weighted by Crippen LogP contribution is -2.55. The molecule has 1 saturated carbocycles. The van der Waals surface area contributed by atoms with Crippen molar-refractivity contribution in [1.82, 2.24) is 9.21 Å². The van der Waals surface area contributed by atoms with E-state index in [4.69, 9.17) is 19.8 Å². The normalized spacial score (nSPS) is 22.9. The monoisotopic (exact) mass is 581 g/mol. The molecule has 11 nitrogen and oxygen atoms in total. The number of hydrogen-bond acceptors (Lipinski definition) is 8. The number of hydrogen-bond donors (Lipinski definition) is 2. The molecule has 3 rings (SSSR count). The highest BCUT2D eigenvalue weighted by atomic mass is 32.2. The van der Waals surface area contributed by atoms with Crippen LogP contribution in [0.3, 0.4) is 0 Å². The third kappa shape index (κ3) is 10.1. The first-order valence-electron chi connectivity index (χ1n) is 11.0. The van der Waals surface area contributed by atoms with Gasteiger partial charge in [-0.1, -0.05) is 12.8 Å². The zero-order valence-corrected chi connectivity index (χ0v) is 20.4. The Morgan fingerprint density at radius 1 is 0.947 bits per heavy atom. The Morgan fingerprint density at radius 2 is 1.45 bits per heavy atom. The Labute approximate surface area is 213 Å². The van der Waals surface area contributed by atoms with E-state index in [1.165, 1.54) is 10.5 Å². The summed E-state index contributed by atoms with van der Waals surface area (Å²) in [6.07, 6.45) is -1.51. The number of carboxylic acid groups (broad SMARTS) is 3. The zero-order chi connectivity index (χ0) is 29.3. The fourth-order valence-corrected chi connectivity index (χ4v) is 5.33. The van der Waals surface area contributed by atoms with Crippen molar-refractivity contribution >= 4 is 34.1 Å². The molecule has 0 bridgehead atoms. The van der Waals surface area contributed by atoms with Gasteiger partial charge in [-0.05, 0) is 18.9 Å². The summed E-state index contributed by atoms with van der Waals surface area (Å²) < 4.78 is 90.1. The number of piperazine rings is 1. The molecule has 0 aromatic rings. The molecule has 2 heterocycles. The number of allylic oxidation sites excluding steroid dienone is 1.